The van der Waals surface area contributed by atoms with Gasteiger partial charge in [-0.25, -0.2) is 13.6 Å². The molecule has 0 atom stereocenters. The Morgan fingerprint density at radius 2 is 1.75 bits per heavy atom. The molecule has 0 saturated heterocycles. The molecule has 0 unspecified atom stereocenters. The van der Waals surface area contributed by atoms with Crippen LogP contribution < -0.4 is 0 Å². The van der Waals surface area contributed by atoms with Crippen LogP contribution in [0.4, 0.5) is 8.78 Å². The monoisotopic (exact) mass is 330 g/mol. The summed E-state index contributed by atoms with van der Waals surface area (Å²) in [7, 11) is 0. The van der Waals surface area contributed by atoms with Crippen molar-refractivity contribution in [3.05, 3.63) is 59.4 Å². The van der Waals surface area contributed by atoms with E-state index in [1.807, 2.05) is 0 Å². The molecule has 0 aliphatic rings. The van der Waals surface area contributed by atoms with Crippen LogP contribution in [0.2, 0.25) is 0 Å². The Labute approximate surface area is 135 Å². The van der Waals surface area contributed by atoms with Gasteiger partial charge in [0, 0.05) is 16.5 Å². The van der Waals surface area contributed by atoms with Crippen molar-refractivity contribution in [2.45, 2.75) is 13.3 Å². The van der Waals surface area contributed by atoms with Gasteiger partial charge in [0.2, 0.25) is 0 Å². The van der Waals surface area contributed by atoms with E-state index >= 15 is 0 Å². The molecule has 3 aromatic rings. The molecule has 2 aromatic carbocycles. The molecule has 122 valence electrons. The summed E-state index contributed by atoms with van der Waals surface area (Å²) in [6, 6.07) is 10.4. The SMILES string of the molecule is CC(=O)c1cc(C(=O)O)cc(-c2c(C(F)F)oc3ccccc23)c1. The van der Waals surface area contributed by atoms with Gasteiger partial charge in [-0.1, -0.05) is 18.2 Å². The van der Waals surface area contributed by atoms with Gasteiger partial charge in [-0.15, -0.1) is 0 Å². The third kappa shape index (κ3) is 2.67. The lowest BCUT2D eigenvalue weighted by atomic mass is 9.96. The summed E-state index contributed by atoms with van der Waals surface area (Å²) in [4.78, 5) is 23.0. The predicted molar refractivity (Wildman–Crippen MR) is 83.6 cm³/mol. The number of fused-ring (bicyclic) bond motifs is 1. The molecule has 0 radical (unpaired) electrons. The van der Waals surface area contributed by atoms with E-state index in [-0.39, 0.29) is 33.6 Å². The number of halogens is 2. The van der Waals surface area contributed by atoms with Crippen molar-refractivity contribution in [3.8, 4) is 11.1 Å². The van der Waals surface area contributed by atoms with E-state index < -0.39 is 18.2 Å². The van der Waals surface area contributed by atoms with Gasteiger partial charge in [0.15, 0.2) is 11.5 Å². The van der Waals surface area contributed by atoms with E-state index in [2.05, 4.69) is 0 Å². The highest BCUT2D eigenvalue weighted by molar-refractivity contribution is 6.02. The Morgan fingerprint density at radius 1 is 1.08 bits per heavy atom. The number of Topliss-reactive ketones (excluding diaryl/α,β-unsaturated/α-hetero) is 1. The Kier molecular flexibility index (Phi) is 3.89. The highest BCUT2D eigenvalue weighted by atomic mass is 19.3. The summed E-state index contributed by atoms with van der Waals surface area (Å²) in [5, 5.41) is 9.66. The molecular formula is C18H12F2O4. The van der Waals surface area contributed by atoms with Crippen LogP contribution in [0.3, 0.4) is 0 Å². The number of hydrogen-bond acceptors (Lipinski definition) is 3. The van der Waals surface area contributed by atoms with Crippen molar-refractivity contribution >= 4 is 22.7 Å². The fraction of sp³-hybridized carbons (Fsp3) is 0.111. The van der Waals surface area contributed by atoms with Gasteiger partial charge in [0.1, 0.15) is 5.58 Å². The van der Waals surface area contributed by atoms with E-state index in [0.29, 0.717) is 5.39 Å². The molecule has 0 bridgehead atoms. The van der Waals surface area contributed by atoms with Crippen molar-refractivity contribution in [2.75, 3.05) is 0 Å². The average Bonchev–Trinajstić information content (AvgIpc) is 2.94. The first-order valence-electron chi connectivity index (χ1n) is 7.07. The van der Waals surface area contributed by atoms with Gasteiger partial charge in [-0.05, 0) is 36.8 Å². The number of benzene rings is 2. The molecule has 1 aromatic heterocycles. The largest absolute Gasteiger partial charge is 0.478 e. The first-order chi connectivity index (χ1) is 11.4. The maximum atomic E-state index is 13.4. The minimum atomic E-state index is -2.87. The van der Waals surface area contributed by atoms with Crippen LogP contribution in [-0.2, 0) is 0 Å². The third-order valence-corrected chi connectivity index (χ3v) is 3.70. The second kappa shape index (κ2) is 5.88. The first-order valence-corrected chi connectivity index (χ1v) is 7.07. The molecule has 4 nitrogen and oxygen atoms in total. The van der Waals surface area contributed by atoms with Crippen molar-refractivity contribution in [2.24, 2.45) is 0 Å². The number of carboxylic acids is 1. The van der Waals surface area contributed by atoms with Gasteiger partial charge in [-0.2, -0.15) is 0 Å². The van der Waals surface area contributed by atoms with Crippen LogP contribution in [0.5, 0.6) is 0 Å². The first kappa shape index (κ1) is 15.9. The molecule has 0 fully saturated rings. The Bertz CT molecular complexity index is 925. The van der Waals surface area contributed by atoms with Gasteiger partial charge < -0.3 is 9.52 Å². The number of alkyl halides is 2. The fourth-order valence-corrected chi connectivity index (χ4v) is 2.61. The van der Waals surface area contributed by atoms with Crippen molar-refractivity contribution < 1.29 is 27.9 Å². The molecule has 0 amide bonds. The molecule has 0 aliphatic carbocycles. The standard InChI is InChI=1S/C18H12F2O4/c1-9(21)10-6-11(8-12(7-10)18(22)23)15-13-4-2-3-5-14(13)24-16(15)17(19)20/h2-8,17H,1H3,(H,22,23). The zero-order chi connectivity index (χ0) is 17.4. The highest BCUT2D eigenvalue weighted by Gasteiger charge is 2.24. The zero-order valence-electron chi connectivity index (χ0n) is 12.5. The maximum absolute atomic E-state index is 13.4. The summed E-state index contributed by atoms with van der Waals surface area (Å²) in [6.45, 7) is 1.28. The summed E-state index contributed by atoms with van der Waals surface area (Å²) < 4.78 is 32.0. The zero-order valence-corrected chi connectivity index (χ0v) is 12.5. The summed E-state index contributed by atoms with van der Waals surface area (Å²) in [5.74, 6) is -2.15. The van der Waals surface area contributed by atoms with Gasteiger partial charge in [0.05, 0.1) is 5.56 Å². The van der Waals surface area contributed by atoms with E-state index in [1.54, 1.807) is 24.3 Å². The predicted octanol–water partition coefficient (Wildman–Crippen LogP) is 4.94. The number of ketones is 1. The Balaban J connectivity index is 2.36. The minimum absolute atomic E-state index is 0.103. The van der Waals surface area contributed by atoms with Crippen LogP contribution in [0.15, 0.2) is 46.9 Å². The smallest absolute Gasteiger partial charge is 0.335 e. The number of carbonyl (C=O) groups is 2. The topological polar surface area (TPSA) is 67.5 Å². The number of furan rings is 1. The lowest BCUT2D eigenvalue weighted by Crippen LogP contribution is -2.01. The molecule has 0 saturated carbocycles. The van der Waals surface area contributed by atoms with Gasteiger partial charge in [0.25, 0.3) is 6.43 Å². The van der Waals surface area contributed by atoms with Crippen LogP contribution in [0.25, 0.3) is 22.1 Å². The number of carboxylic acid groups (broad SMARTS) is 1. The average molecular weight is 330 g/mol. The Hall–Kier alpha value is -3.02. The lowest BCUT2D eigenvalue weighted by Gasteiger charge is -2.07. The van der Waals surface area contributed by atoms with Crippen molar-refractivity contribution in [1.29, 1.82) is 0 Å². The van der Waals surface area contributed by atoms with Crippen LogP contribution in [0, 0.1) is 0 Å². The molecular weight excluding hydrogens is 318 g/mol. The van der Waals surface area contributed by atoms with Crippen LogP contribution >= 0.6 is 0 Å². The van der Waals surface area contributed by atoms with Crippen molar-refractivity contribution in [1.82, 2.24) is 0 Å². The van der Waals surface area contributed by atoms with Gasteiger partial charge in [-0.3, -0.25) is 4.79 Å². The normalized spacial score (nSPS) is 11.2. The molecule has 1 heterocycles. The van der Waals surface area contributed by atoms with E-state index in [1.165, 1.54) is 25.1 Å². The summed E-state index contributed by atoms with van der Waals surface area (Å²) in [6.07, 6.45) is -2.87. The highest BCUT2D eigenvalue weighted by Crippen LogP contribution is 2.40. The molecule has 1 N–H and O–H groups in total. The van der Waals surface area contributed by atoms with Gasteiger partial charge >= 0.3 is 5.97 Å². The van der Waals surface area contributed by atoms with E-state index in [0.717, 1.165) is 0 Å². The number of carbonyl (C=O) groups excluding carboxylic acids is 1. The molecule has 0 aliphatic heterocycles. The van der Waals surface area contributed by atoms with Crippen LogP contribution in [0.1, 0.15) is 39.8 Å². The number of rotatable bonds is 4. The third-order valence-electron chi connectivity index (χ3n) is 3.70. The number of hydrogen-bond donors (Lipinski definition) is 1. The fourth-order valence-electron chi connectivity index (χ4n) is 2.61. The number of para-hydroxylation sites is 1. The molecule has 6 heteroatoms. The van der Waals surface area contributed by atoms with Crippen molar-refractivity contribution in [3.63, 3.8) is 0 Å². The summed E-state index contributed by atoms with van der Waals surface area (Å²) in [5.41, 5.74) is 0.568. The second-order valence-electron chi connectivity index (χ2n) is 5.30. The second-order valence-corrected chi connectivity index (χ2v) is 5.30. The summed E-state index contributed by atoms with van der Waals surface area (Å²) >= 11 is 0. The quantitative estimate of drug-likeness (QED) is 0.688. The lowest BCUT2D eigenvalue weighted by molar-refractivity contribution is 0.0697. The minimum Gasteiger partial charge on any atom is -0.478 e. The molecule has 0 spiro atoms. The Morgan fingerprint density at radius 3 is 2.38 bits per heavy atom. The van der Waals surface area contributed by atoms with E-state index in [9.17, 15) is 23.5 Å². The maximum Gasteiger partial charge on any atom is 0.335 e. The molecule has 3 rings (SSSR count). The van der Waals surface area contributed by atoms with Crippen LogP contribution in [-0.4, -0.2) is 16.9 Å². The number of aromatic carboxylic acids is 1. The molecule has 24 heavy (non-hydrogen) atoms. The van der Waals surface area contributed by atoms with E-state index in [4.69, 9.17) is 4.42 Å².